The minimum atomic E-state index is -0.809. The lowest BCUT2D eigenvalue weighted by molar-refractivity contribution is -0.146. The van der Waals surface area contributed by atoms with Gasteiger partial charge in [-0.15, -0.1) is 0 Å². The predicted octanol–water partition coefficient (Wildman–Crippen LogP) is 3.83. The number of aliphatic carboxylic acids is 1. The first-order valence-electron chi connectivity index (χ1n) is 7.77. The SMILES string of the molecule is CC[C@@H](C)[C@@H]1CCC(C)=C[C@]1(C)[C@](C)(N)C(C)C(=O)O. The average Bonchev–Trinajstić information content (AvgIpc) is 2.36. The Kier molecular flexibility index (Phi) is 5.07. The molecule has 1 unspecified atom stereocenters. The molecule has 0 amide bonds. The van der Waals surface area contributed by atoms with Crippen LogP contribution < -0.4 is 5.73 Å². The highest BCUT2D eigenvalue weighted by Gasteiger charge is 2.52. The molecule has 3 nitrogen and oxygen atoms in total. The van der Waals surface area contributed by atoms with Crippen LogP contribution in [0.15, 0.2) is 11.6 Å². The predicted molar refractivity (Wildman–Crippen MR) is 83.4 cm³/mol. The van der Waals surface area contributed by atoms with Crippen molar-refractivity contribution in [2.45, 2.75) is 66.3 Å². The van der Waals surface area contributed by atoms with Crippen LogP contribution in [0.4, 0.5) is 0 Å². The number of carboxylic acid groups (broad SMARTS) is 1. The molecule has 0 bridgehead atoms. The third-order valence-electron chi connectivity index (χ3n) is 5.93. The summed E-state index contributed by atoms with van der Waals surface area (Å²) in [5.41, 5.74) is 6.89. The zero-order chi connectivity index (χ0) is 15.7. The molecule has 5 atom stereocenters. The van der Waals surface area contributed by atoms with Gasteiger partial charge in [0, 0.05) is 11.0 Å². The molecule has 116 valence electrons. The number of hydrogen-bond acceptors (Lipinski definition) is 2. The number of carboxylic acids is 1. The van der Waals surface area contributed by atoms with Crippen LogP contribution in [0.25, 0.3) is 0 Å². The van der Waals surface area contributed by atoms with E-state index in [1.54, 1.807) is 6.92 Å². The lowest BCUT2D eigenvalue weighted by atomic mass is 9.53. The van der Waals surface area contributed by atoms with Crippen molar-refractivity contribution in [2.24, 2.45) is 28.9 Å². The maximum absolute atomic E-state index is 11.5. The molecule has 0 spiro atoms. The Balaban J connectivity index is 3.30. The van der Waals surface area contributed by atoms with E-state index in [4.69, 9.17) is 5.73 Å². The molecular formula is C17H31NO2. The van der Waals surface area contributed by atoms with Gasteiger partial charge < -0.3 is 10.8 Å². The van der Waals surface area contributed by atoms with E-state index in [1.165, 1.54) is 5.57 Å². The molecule has 1 rings (SSSR count). The van der Waals surface area contributed by atoms with Gasteiger partial charge in [0.25, 0.3) is 0 Å². The zero-order valence-electron chi connectivity index (χ0n) is 13.9. The Morgan fingerprint density at radius 2 is 2.15 bits per heavy atom. The lowest BCUT2D eigenvalue weighted by Crippen LogP contribution is -2.61. The first-order valence-corrected chi connectivity index (χ1v) is 7.77. The largest absolute Gasteiger partial charge is 0.481 e. The van der Waals surface area contributed by atoms with Gasteiger partial charge in [0.1, 0.15) is 0 Å². The van der Waals surface area contributed by atoms with E-state index in [1.807, 2.05) is 6.92 Å². The molecule has 1 aliphatic carbocycles. The average molecular weight is 281 g/mol. The summed E-state index contributed by atoms with van der Waals surface area (Å²) in [6.07, 6.45) is 5.56. The van der Waals surface area contributed by atoms with Crippen molar-refractivity contribution in [2.75, 3.05) is 0 Å². The van der Waals surface area contributed by atoms with E-state index < -0.39 is 17.4 Å². The van der Waals surface area contributed by atoms with Crippen LogP contribution in [0.1, 0.15) is 60.8 Å². The van der Waals surface area contributed by atoms with Crippen molar-refractivity contribution in [3.63, 3.8) is 0 Å². The second-order valence-electron chi connectivity index (χ2n) is 7.15. The second-order valence-corrected chi connectivity index (χ2v) is 7.15. The van der Waals surface area contributed by atoms with E-state index in [0.717, 1.165) is 19.3 Å². The smallest absolute Gasteiger partial charge is 0.308 e. The van der Waals surface area contributed by atoms with Gasteiger partial charge in [-0.25, -0.2) is 0 Å². The van der Waals surface area contributed by atoms with Crippen molar-refractivity contribution >= 4 is 5.97 Å². The molecule has 3 heteroatoms. The van der Waals surface area contributed by atoms with E-state index in [9.17, 15) is 9.90 Å². The Morgan fingerprint density at radius 3 is 2.60 bits per heavy atom. The Hall–Kier alpha value is -0.830. The topological polar surface area (TPSA) is 63.3 Å². The van der Waals surface area contributed by atoms with Crippen LogP contribution in [0, 0.1) is 23.2 Å². The van der Waals surface area contributed by atoms with Crippen LogP contribution in [0.5, 0.6) is 0 Å². The number of allylic oxidation sites excluding steroid dienone is 1. The summed E-state index contributed by atoms with van der Waals surface area (Å²) in [4.78, 5) is 11.5. The van der Waals surface area contributed by atoms with Crippen LogP contribution in [0.2, 0.25) is 0 Å². The van der Waals surface area contributed by atoms with Crippen molar-refractivity contribution < 1.29 is 9.90 Å². The highest BCUT2D eigenvalue weighted by molar-refractivity contribution is 5.71. The van der Waals surface area contributed by atoms with Crippen molar-refractivity contribution in [3.8, 4) is 0 Å². The third-order valence-corrected chi connectivity index (χ3v) is 5.93. The molecule has 0 heterocycles. The lowest BCUT2D eigenvalue weighted by Gasteiger charge is -2.53. The Bertz CT molecular complexity index is 400. The van der Waals surface area contributed by atoms with Gasteiger partial charge in [0.2, 0.25) is 0 Å². The summed E-state index contributed by atoms with van der Waals surface area (Å²) in [7, 11) is 0. The van der Waals surface area contributed by atoms with Gasteiger partial charge in [-0.2, -0.15) is 0 Å². The van der Waals surface area contributed by atoms with E-state index in [2.05, 4.69) is 33.8 Å². The standard InChI is InChI=1S/C17H31NO2/c1-7-12(3)14-9-8-11(2)10-16(14,5)17(6,18)13(4)15(19)20/h10,12-14H,7-9,18H2,1-6H3,(H,19,20)/t12-,13?,14+,16+,17-/m1/s1. The molecule has 0 saturated carbocycles. The molecule has 0 aromatic heterocycles. The molecule has 1 aliphatic rings. The summed E-state index contributed by atoms with van der Waals surface area (Å²) in [5, 5.41) is 9.41. The summed E-state index contributed by atoms with van der Waals surface area (Å²) in [6, 6.07) is 0. The van der Waals surface area contributed by atoms with E-state index in [0.29, 0.717) is 11.8 Å². The zero-order valence-corrected chi connectivity index (χ0v) is 13.9. The fraction of sp³-hybridized carbons (Fsp3) is 0.824. The first-order chi connectivity index (χ1) is 9.07. The molecule has 0 aromatic carbocycles. The number of hydrogen-bond donors (Lipinski definition) is 2. The van der Waals surface area contributed by atoms with Gasteiger partial charge in [0.05, 0.1) is 5.92 Å². The molecule has 0 saturated heterocycles. The van der Waals surface area contributed by atoms with Gasteiger partial charge >= 0.3 is 5.97 Å². The molecule has 3 N–H and O–H groups in total. The Morgan fingerprint density at radius 1 is 1.60 bits per heavy atom. The first kappa shape index (κ1) is 17.2. The summed E-state index contributed by atoms with van der Waals surface area (Å²) >= 11 is 0. The fourth-order valence-electron chi connectivity index (χ4n) is 3.81. The van der Waals surface area contributed by atoms with Gasteiger partial charge in [-0.3, -0.25) is 4.79 Å². The minimum absolute atomic E-state index is 0.275. The van der Waals surface area contributed by atoms with Crippen molar-refractivity contribution in [1.29, 1.82) is 0 Å². The normalized spacial score (nSPS) is 33.0. The Labute approximate surface area is 123 Å². The summed E-state index contributed by atoms with van der Waals surface area (Å²) in [5.74, 6) is -0.391. The fourth-order valence-corrected chi connectivity index (χ4v) is 3.81. The summed E-state index contributed by atoms with van der Waals surface area (Å²) in [6.45, 7) is 12.4. The van der Waals surface area contributed by atoms with Crippen LogP contribution in [0.3, 0.4) is 0 Å². The third kappa shape index (κ3) is 2.78. The number of nitrogens with two attached hydrogens (primary N) is 1. The molecule has 0 aromatic rings. The molecule has 0 aliphatic heterocycles. The highest BCUT2D eigenvalue weighted by atomic mass is 16.4. The minimum Gasteiger partial charge on any atom is -0.481 e. The maximum atomic E-state index is 11.5. The van der Waals surface area contributed by atoms with Crippen LogP contribution >= 0.6 is 0 Å². The van der Waals surface area contributed by atoms with Gasteiger partial charge in [-0.1, -0.05) is 45.8 Å². The van der Waals surface area contributed by atoms with Crippen molar-refractivity contribution in [3.05, 3.63) is 11.6 Å². The van der Waals surface area contributed by atoms with E-state index in [-0.39, 0.29) is 5.41 Å². The number of rotatable bonds is 5. The highest BCUT2D eigenvalue weighted by Crippen LogP contribution is 2.51. The quantitative estimate of drug-likeness (QED) is 0.753. The monoisotopic (exact) mass is 281 g/mol. The number of carbonyl (C=O) groups is 1. The molecule has 0 radical (unpaired) electrons. The maximum Gasteiger partial charge on any atom is 0.308 e. The summed E-state index contributed by atoms with van der Waals surface area (Å²) < 4.78 is 0. The van der Waals surface area contributed by atoms with Crippen molar-refractivity contribution in [1.82, 2.24) is 0 Å². The van der Waals surface area contributed by atoms with Crippen LogP contribution in [-0.4, -0.2) is 16.6 Å². The molecule has 20 heavy (non-hydrogen) atoms. The second kappa shape index (κ2) is 5.88. The van der Waals surface area contributed by atoms with Gasteiger partial charge in [0.15, 0.2) is 0 Å². The van der Waals surface area contributed by atoms with Crippen LogP contribution in [-0.2, 0) is 4.79 Å². The molecule has 0 fully saturated rings. The van der Waals surface area contributed by atoms with E-state index >= 15 is 0 Å². The van der Waals surface area contributed by atoms with Gasteiger partial charge in [-0.05, 0) is 38.5 Å². The molecular weight excluding hydrogens is 250 g/mol.